The van der Waals surface area contributed by atoms with Gasteiger partial charge in [-0.25, -0.2) is 9.18 Å². The maximum Gasteiger partial charge on any atom is 0.336 e. The topological polar surface area (TPSA) is 26.3 Å². The number of carbonyl (C=O) groups is 1. The summed E-state index contributed by atoms with van der Waals surface area (Å²) in [4.78, 5) is 11.4. The van der Waals surface area contributed by atoms with Crippen LogP contribution in [0.1, 0.15) is 25.1 Å². The highest BCUT2D eigenvalue weighted by atomic mass is 35.5. The van der Waals surface area contributed by atoms with E-state index >= 15 is 0 Å². The van der Waals surface area contributed by atoms with Crippen molar-refractivity contribution in [3.63, 3.8) is 0 Å². The Morgan fingerprint density at radius 1 is 1.47 bits per heavy atom. The van der Waals surface area contributed by atoms with Gasteiger partial charge >= 0.3 is 5.97 Å². The molecule has 1 unspecified atom stereocenters. The minimum absolute atomic E-state index is 0.194. The Hall–Kier alpha value is -1.35. The first-order chi connectivity index (χ1) is 8.06. The van der Waals surface area contributed by atoms with E-state index in [-0.39, 0.29) is 12.2 Å². The second kappa shape index (κ2) is 6.40. The summed E-state index contributed by atoms with van der Waals surface area (Å²) in [7, 11) is 0. The molecular weight excluding hydrogens is 243 g/mol. The Labute approximate surface area is 105 Å². The van der Waals surface area contributed by atoms with Gasteiger partial charge in [0.1, 0.15) is 0 Å². The molecule has 0 aliphatic heterocycles. The summed E-state index contributed by atoms with van der Waals surface area (Å²) < 4.78 is 18.7. The van der Waals surface area contributed by atoms with Crippen LogP contribution in [0.3, 0.4) is 0 Å². The zero-order chi connectivity index (χ0) is 12.8. The summed E-state index contributed by atoms with van der Waals surface area (Å²) in [6.45, 7) is 5.56. The number of esters is 1. The number of ether oxygens (including phenoxy) is 1. The summed E-state index contributed by atoms with van der Waals surface area (Å²) in [5.74, 6) is -0.700. The van der Waals surface area contributed by atoms with Gasteiger partial charge < -0.3 is 4.74 Å². The molecule has 0 aromatic heterocycles. The minimum atomic E-state index is -1.56. The summed E-state index contributed by atoms with van der Waals surface area (Å²) >= 11 is 5.69. The quantitative estimate of drug-likeness (QED) is 0.591. The van der Waals surface area contributed by atoms with Crippen LogP contribution >= 0.6 is 11.6 Å². The van der Waals surface area contributed by atoms with Crippen molar-refractivity contribution in [3.8, 4) is 0 Å². The molecule has 0 aliphatic rings. The third kappa shape index (κ3) is 3.86. The van der Waals surface area contributed by atoms with Gasteiger partial charge in [0.2, 0.25) is 0 Å². The van der Waals surface area contributed by atoms with E-state index in [1.54, 1.807) is 12.1 Å². The Balaban J connectivity index is 2.69. The van der Waals surface area contributed by atoms with Gasteiger partial charge in [0.15, 0.2) is 6.17 Å². The van der Waals surface area contributed by atoms with Crippen molar-refractivity contribution in [3.05, 3.63) is 47.0 Å². The molecule has 0 amide bonds. The minimum Gasteiger partial charge on any atom is -0.462 e. The third-order valence-corrected chi connectivity index (χ3v) is 2.42. The fourth-order valence-corrected chi connectivity index (χ4v) is 1.35. The second-order valence-electron chi connectivity index (χ2n) is 3.58. The lowest BCUT2D eigenvalue weighted by Gasteiger charge is -2.11. The first kappa shape index (κ1) is 13.7. The number of benzene rings is 1. The van der Waals surface area contributed by atoms with Gasteiger partial charge in [0.05, 0.1) is 12.2 Å². The van der Waals surface area contributed by atoms with Crippen molar-refractivity contribution < 1.29 is 13.9 Å². The normalized spacial score (nSPS) is 11.9. The third-order valence-electron chi connectivity index (χ3n) is 2.17. The number of alkyl halides is 1. The molecule has 1 aromatic carbocycles. The number of hydrogen-bond acceptors (Lipinski definition) is 2. The maximum absolute atomic E-state index is 13.9. The Morgan fingerprint density at radius 2 is 2.06 bits per heavy atom. The summed E-state index contributed by atoms with van der Waals surface area (Å²) in [5, 5.41) is 0.514. The number of carbonyl (C=O) groups excluding carboxylic acids is 1. The Kier molecular flexibility index (Phi) is 5.16. The van der Waals surface area contributed by atoms with Crippen LogP contribution in [0, 0.1) is 0 Å². The van der Waals surface area contributed by atoms with Crippen molar-refractivity contribution in [2.24, 2.45) is 0 Å². The number of hydrogen-bond donors (Lipinski definition) is 0. The maximum atomic E-state index is 13.9. The first-order valence-corrected chi connectivity index (χ1v) is 5.69. The fourth-order valence-electron chi connectivity index (χ4n) is 1.22. The van der Waals surface area contributed by atoms with E-state index < -0.39 is 12.1 Å². The van der Waals surface area contributed by atoms with Gasteiger partial charge in [0, 0.05) is 5.02 Å². The lowest BCUT2D eigenvalue weighted by molar-refractivity contribution is -0.139. The highest BCUT2D eigenvalue weighted by Crippen LogP contribution is 2.26. The van der Waals surface area contributed by atoms with Crippen LogP contribution < -0.4 is 0 Å². The van der Waals surface area contributed by atoms with Crippen LogP contribution in [0.15, 0.2) is 36.4 Å². The molecule has 0 fully saturated rings. The molecule has 1 rings (SSSR count). The Bertz CT molecular complexity index is 400. The van der Waals surface area contributed by atoms with Crippen molar-refractivity contribution in [1.29, 1.82) is 0 Å². The van der Waals surface area contributed by atoms with Crippen molar-refractivity contribution in [1.82, 2.24) is 0 Å². The molecule has 0 saturated heterocycles. The zero-order valence-corrected chi connectivity index (χ0v) is 10.3. The van der Waals surface area contributed by atoms with Gasteiger partial charge in [-0.15, -0.1) is 0 Å². The molecule has 0 aliphatic carbocycles. The Morgan fingerprint density at radius 3 is 2.59 bits per heavy atom. The smallest absolute Gasteiger partial charge is 0.336 e. The highest BCUT2D eigenvalue weighted by molar-refractivity contribution is 6.30. The molecule has 4 heteroatoms. The van der Waals surface area contributed by atoms with Crippen LogP contribution in [0.2, 0.25) is 5.02 Å². The molecule has 0 bridgehead atoms. The average Bonchev–Trinajstić information content (AvgIpc) is 2.35. The highest BCUT2D eigenvalue weighted by Gasteiger charge is 2.21. The van der Waals surface area contributed by atoms with Crippen LogP contribution in [0.5, 0.6) is 0 Å². The lowest BCUT2D eigenvalue weighted by atomic mass is 10.0. The molecule has 0 heterocycles. The molecule has 17 heavy (non-hydrogen) atoms. The van der Waals surface area contributed by atoms with Crippen molar-refractivity contribution in [2.75, 3.05) is 6.61 Å². The predicted octanol–water partition coefficient (Wildman–Crippen LogP) is 3.86. The predicted molar refractivity (Wildman–Crippen MR) is 65.7 cm³/mol. The van der Waals surface area contributed by atoms with Gasteiger partial charge in [0.25, 0.3) is 0 Å². The van der Waals surface area contributed by atoms with Gasteiger partial charge in [-0.3, -0.25) is 0 Å². The average molecular weight is 257 g/mol. The molecular formula is C13H14ClFO2. The van der Waals surface area contributed by atoms with E-state index in [1.807, 2.05) is 6.92 Å². The van der Waals surface area contributed by atoms with Crippen LogP contribution in [-0.4, -0.2) is 12.6 Å². The van der Waals surface area contributed by atoms with Gasteiger partial charge in [-0.2, -0.15) is 0 Å². The first-order valence-electron chi connectivity index (χ1n) is 5.31. The van der Waals surface area contributed by atoms with E-state index in [0.29, 0.717) is 17.0 Å². The van der Waals surface area contributed by atoms with Crippen molar-refractivity contribution >= 4 is 17.6 Å². The van der Waals surface area contributed by atoms with E-state index in [0.717, 1.165) is 0 Å². The molecule has 1 aromatic rings. The van der Waals surface area contributed by atoms with E-state index in [4.69, 9.17) is 16.3 Å². The molecule has 0 N–H and O–H groups in total. The zero-order valence-electron chi connectivity index (χ0n) is 9.58. The molecule has 92 valence electrons. The molecule has 1 atom stereocenters. The van der Waals surface area contributed by atoms with E-state index in [1.165, 1.54) is 12.1 Å². The van der Waals surface area contributed by atoms with Crippen LogP contribution in [0.25, 0.3) is 0 Å². The number of halogens is 2. The van der Waals surface area contributed by atoms with Gasteiger partial charge in [-0.05, 0) is 24.1 Å². The SMILES string of the molecule is C=C(C(=O)OCCC)C(F)c1ccc(Cl)cc1. The largest absolute Gasteiger partial charge is 0.462 e. The standard InChI is InChI=1S/C13H14ClFO2/c1-3-8-17-13(16)9(2)12(15)10-4-6-11(14)7-5-10/h4-7,12H,2-3,8H2,1H3. The van der Waals surface area contributed by atoms with Crippen LogP contribution in [0.4, 0.5) is 4.39 Å². The molecule has 0 spiro atoms. The summed E-state index contributed by atoms with van der Waals surface area (Å²) in [6, 6.07) is 6.17. The number of rotatable bonds is 5. The monoisotopic (exact) mass is 256 g/mol. The summed E-state index contributed by atoms with van der Waals surface area (Å²) in [5.41, 5.74) is 0.147. The molecule has 0 saturated carbocycles. The summed E-state index contributed by atoms with van der Waals surface area (Å²) in [6.07, 6.45) is -0.867. The van der Waals surface area contributed by atoms with E-state index in [2.05, 4.69) is 6.58 Å². The van der Waals surface area contributed by atoms with Crippen LogP contribution in [-0.2, 0) is 9.53 Å². The fraction of sp³-hybridized carbons (Fsp3) is 0.308. The molecule has 2 nitrogen and oxygen atoms in total. The second-order valence-corrected chi connectivity index (χ2v) is 4.01. The van der Waals surface area contributed by atoms with E-state index in [9.17, 15) is 9.18 Å². The van der Waals surface area contributed by atoms with Crippen molar-refractivity contribution in [2.45, 2.75) is 19.5 Å². The lowest BCUT2D eigenvalue weighted by Crippen LogP contribution is -2.12. The van der Waals surface area contributed by atoms with Gasteiger partial charge in [-0.1, -0.05) is 37.2 Å². The molecule has 0 radical (unpaired) electrons.